The zero-order valence-electron chi connectivity index (χ0n) is 18.7. The van der Waals surface area contributed by atoms with Crippen LogP contribution in [0.25, 0.3) is 17.0 Å². The zero-order chi connectivity index (χ0) is 23.3. The van der Waals surface area contributed by atoms with Crippen molar-refractivity contribution in [2.45, 2.75) is 0 Å². The fraction of sp³-hybridized carbons (Fsp3) is 0.143. The summed E-state index contributed by atoms with van der Waals surface area (Å²) in [5.74, 6) is 0.0409. The number of nitrogens with one attached hydrogen (secondary N) is 1. The highest BCUT2D eigenvalue weighted by Crippen LogP contribution is 2.22. The van der Waals surface area contributed by atoms with Crippen LogP contribution < -0.4 is 10.2 Å². The average molecular weight is 452 g/mol. The maximum Gasteiger partial charge on any atom is 0.291 e. The Labute approximate surface area is 198 Å². The number of para-hydroxylation sites is 1. The predicted octanol–water partition coefficient (Wildman–Crippen LogP) is 5.05. The van der Waals surface area contributed by atoms with Gasteiger partial charge in [0.2, 0.25) is 5.91 Å². The fourth-order valence-corrected chi connectivity index (χ4v) is 4.06. The molecule has 6 nitrogen and oxygen atoms in total. The summed E-state index contributed by atoms with van der Waals surface area (Å²) in [5.41, 5.74) is 3.47. The lowest BCUT2D eigenvalue weighted by molar-refractivity contribution is -0.126. The summed E-state index contributed by atoms with van der Waals surface area (Å²) in [7, 11) is 0. The molecule has 1 aliphatic heterocycles. The number of amides is 2. The third-order valence-corrected chi connectivity index (χ3v) is 5.95. The largest absolute Gasteiger partial charge is 0.451 e. The molecule has 2 heterocycles. The van der Waals surface area contributed by atoms with E-state index < -0.39 is 0 Å². The third kappa shape index (κ3) is 4.86. The summed E-state index contributed by atoms with van der Waals surface area (Å²) < 4.78 is 5.64. The number of carbonyl (C=O) groups excluding carboxylic acids is 2. The van der Waals surface area contributed by atoms with E-state index in [1.165, 1.54) is 0 Å². The molecule has 4 aromatic rings. The fourth-order valence-electron chi connectivity index (χ4n) is 4.06. The van der Waals surface area contributed by atoms with E-state index in [9.17, 15) is 9.59 Å². The molecule has 170 valence electrons. The van der Waals surface area contributed by atoms with Gasteiger partial charge in [0.25, 0.3) is 5.91 Å². The molecular formula is C28H25N3O3. The van der Waals surface area contributed by atoms with Crippen molar-refractivity contribution in [3.8, 4) is 0 Å². The first kappa shape index (κ1) is 21.5. The molecule has 0 saturated carbocycles. The Balaban J connectivity index is 1.15. The molecule has 0 aliphatic carbocycles. The molecule has 0 atom stereocenters. The van der Waals surface area contributed by atoms with Gasteiger partial charge in [0.15, 0.2) is 5.76 Å². The second-order valence-electron chi connectivity index (χ2n) is 8.21. The number of furan rings is 1. The number of fused-ring (bicyclic) bond motifs is 1. The number of nitrogens with zero attached hydrogens (tertiary/aromatic N) is 2. The van der Waals surface area contributed by atoms with Gasteiger partial charge in [-0.15, -0.1) is 0 Å². The third-order valence-electron chi connectivity index (χ3n) is 5.95. The van der Waals surface area contributed by atoms with Crippen LogP contribution in [0.3, 0.4) is 0 Å². The maximum atomic E-state index is 12.6. The Bertz CT molecular complexity index is 1290. The summed E-state index contributed by atoms with van der Waals surface area (Å²) in [6.45, 7) is 2.86. The van der Waals surface area contributed by atoms with Crippen LogP contribution >= 0.6 is 0 Å². The number of hydrogen-bond acceptors (Lipinski definition) is 4. The second kappa shape index (κ2) is 9.67. The van der Waals surface area contributed by atoms with Crippen molar-refractivity contribution in [1.29, 1.82) is 0 Å². The van der Waals surface area contributed by atoms with Gasteiger partial charge in [0, 0.05) is 49.0 Å². The minimum Gasteiger partial charge on any atom is -0.451 e. The highest BCUT2D eigenvalue weighted by atomic mass is 16.3. The standard InChI is InChI=1S/C28H25N3O3/c32-27(15-10-21-6-2-1-3-7-21)31-18-16-30(17-19-31)24-13-11-23(12-14-24)29-28(33)26-20-22-8-4-5-9-25(22)34-26/h1-15,20H,16-19H2,(H,29,33). The van der Waals surface area contributed by atoms with Crippen LogP contribution in [0.2, 0.25) is 0 Å². The number of carbonyl (C=O) groups is 2. The van der Waals surface area contributed by atoms with Gasteiger partial charge in [-0.2, -0.15) is 0 Å². The molecule has 5 rings (SSSR count). The average Bonchev–Trinajstić information content (AvgIpc) is 3.33. The number of anilines is 2. The lowest BCUT2D eigenvalue weighted by Gasteiger charge is -2.35. The molecule has 0 bridgehead atoms. The highest BCUT2D eigenvalue weighted by Gasteiger charge is 2.20. The van der Waals surface area contributed by atoms with E-state index in [2.05, 4.69) is 10.2 Å². The minimum absolute atomic E-state index is 0.0344. The van der Waals surface area contributed by atoms with Crippen molar-refractivity contribution in [3.05, 3.63) is 102 Å². The summed E-state index contributed by atoms with van der Waals surface area (Å²) >= 11 is 0. The van der Waals surface area contributed by atoms with Gasteiger partial charge in [-0.05, 0) is 48.0 Å². The van der Waals surface area contributed by atoms with Gasteiger partial charge in [0.1, 0.15) is 5.58 Å². The van der Waals surface area contributed by atoms with E-state index >= 15 is 0 Å². The maximum absolute atomic E-state index is 12.6. The number of benzene rings is 3. The SMILES string of the molecule is O=C(Nc1ccc(N2CCN(C(=O)C=Cc3ccccc3)CC2)cc1)c1cc2ccccc2o1. The predicted molar refractivity (Wildman–Crippen MR) is 135 cm³/mol. The van der Waals surface area contributed by atoms with Crippen molar-refractivity contribution < 1.29 is 14.0 Å². The van der Waals surface area contributed by atoms with Crippen LogP contribution in [0, 0.1) is 0 Å². The molecular weight excluding hydrogens is 426 g/mol. The van der Waals surface area contributed by atoms with Crippen LogP contribution in [-0.4, -0.2) is 42.9 Å². The topological polar surface area (TPSA) is 65.8 Å². The normalized spacial score (nSPS) is 14.0. The van der Waals surface area contributed by atoms with E-state index in [0.29, 0.717) is 24.4 Å². The summed E-state index contributed by atoms with van der Waals surface area (Å²) in [4.78, 5) is 29.2. The molecule has 0 unspecified atom stereocenters. The van der Waals surface area contributed by atoms with Crippen LogP contribution in [0.5, 0.6) is 0 Å². The molecule has 1 saturated heterocycles. The Morgan fingerprint density at radius 1 is 0.824 bits per heavy atom. The molecule has 1 fully saturated rings. The molecule has 6 heteroatoms. The van der Waals surface area contributed by atoms with Crippen LogP contribution in [0.15, 0.2) is 95.4 Å². The first-order chi connectivity index (χ1) is 16.7. The Kier molecular flexibility index (Phi) is 6.12. The monoisotopic (exact) mass is 451 g/mol. The van der Waals surface area contributed by atoms with Crippen molar-refractivity contribution in [3.63, 3.8) is 0 Å². The van der Waals surface area contributed by atoms with Crippen molar-refractivity contribution in [1.82, 2.24) is 4.90 Å². The second-order valence-corrected chi connectivity index (χ2v) is 8.21. The van der Waals surface area contributed by atoms with Gasteiger partial charge < -0.3 is 19.5 Å². The van der Waals surface area contributed by atoms with E-state index in [1.807, 2.05) is 89.8 Å². The minimum atomic E-state index is -0.278. The van der Waals surface area contributed by atoms with Gasteiger partial charge in [0.05, 0.1) is 0 Å². The smallest absolute Gasteiger partial charge is 0.291 e. The molecule has 1 aliphatic rings. The highest BCUT2D eigenvalue weighted by molar-refractivity contribution is 6.04. The number of rotatable bonds is 5. The lowest BCUT2D eigenvalue weighted by atomic mass is 10.2. The van der Waals surface area contributed by atoms with Crippen LogP contribution in [-0.2, 0) is 4.79 Å². The van der Waals surface area contributed by atoms with E-state index in [-0.39, 0.29) is 17.6 Å². The van der Waals surface area contributed by atoms with Crippen LogP contribution in [0.4, 0.5) is 11.4 Å². The van der Waals surface area contributed by atoms with Gasteiger partial charge in [-0.25, -0.2) is 0 Å². The van der Waals surface area contributed by atoms with E-state index in [0.717, 1.165) is 29.7 Å². The number of piperazine rings is 1. The molecule has 1 aromatic heterocycles. The van der Waals surface area contributed by atoms with Crippen molar-refractivity contribution in [2.75, 3.05) is 36.4 Å². The summed E-state index contributed by atoms with van der Waals surface area (Å²) in [6.07, 6.45) is 3.50. The first-order valence-electron chi connectivity index (χ1n) is 11.3. The Morgan fingerprint density at radius 2 is 1.53 bits per heavy atom. The van der Waals surface area contributed by atoms with Crippen molar-refractivity contribution >= 4 is 40.2 Å². The van der Waals surface area contributed by atoms with Gasteiger partial charge in [-0.3, -0.25) is 9.59 Å². The van der Waals surface area contributed by atoms with Crippen LogP contribution in [0.1, 0.15) is 16.1 Å². The van der Waals surface area contributed by atoms with E-state index in [4.69, 9.17) is 4.42 Å². The van der Waals surface area contributed by atoms with Crippen molar-refractivity contribution in [2.24, 2.45) is 0 Å². The molecule has 34 heavy (non-hydrogen) atoms. The Morgan fingerprint density at radius 3 is 2.26 bits per heavy atom. The van der Waals surface area contributed by atoms with Gasteiger partial charge in [-0.1, -0.05) is 48.5 Å². The quantitative estimate of drug-likeness (QED) is 0.432. The molecule has 0 radical (unpaired) electrons. The Hall–Kier alpha value is -4.32. The summed E-state index contributed by atoms with van der Waals surface area (Å²) in [5, 5.41) is 3.79. The summed E-state index contributed by atoms with van der Waals surface area (Å²) in [6, 6.07) is 26.9. The molecule has 2 amide bonds. The molecule has 1 N–H and O–H groups in total. The van der Waals surface area contributed by atoms with E-state index in [1.54, 1.807) is 12.1 Å². The molecule has 0 spiro atoms. The molecule has 3 aromatic carbocycles. The lowest BCUT2D eigenvalue weighted by Crippen LogP contribution is -2.48. The number of hydrogen-bond donors (Lipinski definition) is 1. The zero-order valence-corrected chi connectivity index (χ0v) is 18.7. The first-order valence-corrected chi connectivity index (χ1v) is 11.3. The van der Waals surface area contributed by atoms with Gasteiger partial charge >= 0.3 is 0 Å².